The van der Waals surface area contributed by atoms with Crippen LogP contribution in [-0.4, -0.2) is 39.9 Å². The van der Waals surface area contributed by atoms with Crippen molar-refractivity contribution in [1.82, 2.24) is 15.6 Å². The van der Waals surface area contributed by atoms with Crippen molar-refractivity contribution in [3.8, 4) is 0 Å². The average molecular weight is 526 g/mol. The highest BCUT2D eigenvalue weighted by Crippen LogP contribution is 2.30. The van der Waals surface area contributed by atoms with Gasteiger partial charge in [0.25, 0.3) is 5.91 Å². The second kappa shape index (κ2) is 11.3. The highest BCUT2D eigenvalue weighted by molar-refractivity contribution is 5.98. The highest BCUT2D eigenvalue weighted by atomic mass is 19.4. The molecule has 2 rings (SSSR count). The van der Waals surface area contributed by atoms with Crippen LogP contribution < -0.4 is 10.6 Å². The van der Waals surface area contributed by atoms with Crippen molar-refractivity contribution in [1.29, 1.82) is 0 Å². The molecule has 0 radical (unpaired) electrons. The molecule has 37 heavy (non-hydrogen) atoms. The summed E-state index contributed by atoms with van der Waals surface area (Å²) in [4.78, 5) is 42.5. The van der Waals surface area contributed by atoms with Gasteiger partial charge >= 0.3 is 12.3 Å². The predicted octanol–water partition coefficient (Wildman–Crippen LogP) is 5.02. The lowest BCUT2D eigenvalue weighted by atomic mass is 9.96. The van der Waals surface area contributed by atoms with Gasteiger partial charge in [0.15, 0.2) is 5.78 Å². The minimum absolute atomic E-state index is 0.0924. The standard InChI is InChI=1S/C26H31F4N3O4/c1-24(2,3)33-22(35)17-8-7-11-31-19(17)14-21(34)20(32-23(36)37-25(4,5)6)13-15-12-16(26(28,29)30)9-10-18(15)27/h7-12,20H,13-14H2,1-6H3,(H,32,36)(H,33,35). The van der Waals surface area contributed by atoms with E-state index in [2.05, 4.69) is 15.6 Å². The molecule has 11 heteroatoms. The van der Waals surface area contributed by atoms with Crippen LogP contribution in [0.15, 0.2) is 36.5 Å². The zero-order valence-corrected chi connectivity index (χ0v) is 21.5. The molecule has 2 aromatic rings. The predicted molar refractivity (Wildman–Crippen MR) is 128 cm³/mol. The summed E-state index contributed by atoms with van der Waals surface area (Å²) in [5.41, 5.74) is -2.81. The van der Waals surface area contributed by atoms with Gasteiger partial charge in [0.2, 0.25) is 0 Å². The molecule has 0 aliphatic carbocycles. The van der Waals surface area contributed by atoms with Gasteiger partial charge in [-0.05, 0) is 77.4 Å². The number of alkyl carbamates (subject to hydrolysis) is 1. The van der Waals surface area contributed by atoms with Crippen molar-refractivity contribution >= 4 is 17.8 Å². The molecule has 0 spiro atoms. The molecule has 202 valence electrons. The zero-order valence-electron chi connectivity index (χ0n) is 21.5. The number of carbonyl (C=O) groups excluding carboxylic acids is 3. The number of ketones is 1. The van der Waals surface area contributed by atoms with E-state index in [4.69, 9.17) is 4.74 Å². The maximum atomic E-state index is 14.5. The number of aromatic nitrogens is 1. The van der Waals surface area contributed by atoms with Crippen LogP contribution in [0.5, 0.6) is 0 Å². The van der Waals surface area contributed by atoms with Crippen LogP contribution in [-0.2, 0) is 28.5 Å². The van der Waals surface area contributed by atoms with E-state index in [9.17, 15) is 31.9 Å². The topological polar surface area (TPSA) is 97.4 Å². The van der Waals surface area contributed by atoms with Crippen LogP contribution in [0.25, 0.3) is 0 Å². The molecule has 0 aliphatic heterocycles. The molecule has 0 fully saturated rings. The number of nitrogens with zero attached hydrogens (tertiary/aromatic N) is 1. The van der Waals surface area contributed by atoms with Gasteiger partial charge in [0.1, 0.15) is 11.4 Å². The number of pyridine rings is 1. The van der Waals surface area contributed by atoms with Gasteiger partial charge in [0, 0.05) is 18.2 Å². The Morgan fingerprint density at radius 1 is 1.03 bits per heavy atom. The van der Waals surface area contributed by atoms with E-state index in [1.807, 2.05) is 0 Å². The second-order valence-electron chi connectivity index (χ2n) is 10.6. The Morgan fingerprint density at radius 2 is 1.68 bits per heavy atom. The van der Waals surface area contributed by atoms with Crippen LogP contribution in [0.4, 0.5) is 22.4 Å². The molecule has 1 atom stereocenters. The first kappa shape index (κ1) is 29.7. The lowest BCUT2D eigenvalue weighted by molar-refractivity contribution is -0.137. The van der Waals surface area contributed by atoms with E-state index in [0.717, 1.165) is 0 Å². The molecule has 1 unspecified atom stereocenters. The summed E-state index contributed by atoms with van der Waals surface area (Å²) in [5, 5.41) is 5.10. The molecule has 2 N–H and O–H groups in total. The molecule has 0 bridgehead atoms. The molecule has 1 heterocycles. The van der Waals surface area contributed by atoms with Crippen molar-refractivity contribution in [3.63, 3.8) is 0 Å². The van der Waals surface area contributed by atoms with Crippen LogP contribution in [0.1, 0.15) is 68.7 Å². The number of amides is 2. The van der Waals surface area contributed by atoms with Gasteiger partial charge in [-0.2, -0.15) is 13.2 Å². The van der Waals surface area contributed by atoms with E-state index in [1.54, 1.807) is 41.5 Å². The minimum Gasteiger partial charge on any atom is -0.444 e. The maximum absolute atomic E-state index is 14.5. The van der Waals surface area contributed by atoms with Gasteiger partial charge in [-0.1, -0.05) is 0 Å². The van der Waals surface area contributed by atoms with Gasteiger partial charge < -0.3 is 15.4 Å². The first-order valence-corrected chi connectivity index (χ1v) is 11.5. The number of hydrogen-bond donors (Lipinski definition) is 2. The lowest BCUT2D eigenvalue weighted by Crippen LogP contribution is -2.46. The van der Waals surface area contributed by atoms with E-state index in [-0.39, 0.29) is 11.3 Å². The average Bonchev–Trinajstić information content (AvgIpc) is 2.71. The van der Waals surface area contributed by atoms with Gasteiger partial charge in [-0.3, -0.25) is 14.6 Å². The number of nitrogens with one attached hydrogen (secondary N) is 2. The Kier molecular flexibility index (Phi) is 9.05. The number of benzene rings is 1. The SMILES string of the molecule is CC(C)(C)NC(=O)c1cccnc1CC(=O)C(Cc1cc(C(F)(F)F)ccc1F)NC(=O)OC(C)(C)C. The number of ether oxygens (including phenoxy) is 1. The number of carbonyl (C=O) groups is 3. The molecule has 1 aromatic carbocycles. The van der Waals surface area contributed by atoms with Crippen molar-refractivity contribution in [2.24, 2.45) is 0 Å². The monoisotopic (exact) mass is 525 g/mol. The second-order valence-corrected chi connectivity index (χ2v) is 10.6. The molecule has 0 saturated heterocycles. The summed E-state index contributed by atoms with van der Waals surface area (Å²) in [5.74, 6) is -2.16. The highest BCUT2D eigenvalue weighted by Gasteiger charge is 2.33. The Labute approximate surface area is 213 Å². The summed E-state index contributed by atoms with van der Waals surface area (Å²) < 4.78 is 59.2. The number of halogens is 4. The van der Waals surface area contributed by atoms with E-state index in [0.29, 0.717) is 18.2 Å². The number of alkyl halides is 3. The van der Waals surface area contributed by atoms with E-state index < -0.39 is 70.9 Å². The summed E-state index contributed by atoms with van der Waals surface area (Å²) >= 11 is 0. The van der Waals surface area contributed by atoms with Gasteiger partial charge in [0.05, 0.1) is 29.3 Å². The summed E-state index contributed by atoms with van der Waals surface area (Å²) in [7, 11) is 0. The normalized spacial score (nSPS) is 13.0. The quantitative estimate of drug-likeness (QED) is 0.495. The smallest absolute Gasteiger partial charge is 0.416 e. The molecular formula is C26H31F4N3O4. The molecule has 0 aliphatic rings. The van der Waals surface area contributed by atoms with Crippen LogP contribution in [0, 0.1) is 5.82 Å². The van der Waals surface area contributed by atoms with Crippen LogP contribution in [0.3, 0.4) is 0 Å². The van der Waals surface area contributed by atoms with E-state index in [1.165, 1.54) is 18.3 Å². The largest absolute Gasteiger partial charge is 0.444 e. The minimum atomic E-state index is -4.73. The fourth-order valence-corrected chi connectivity index (χ4v) is 3.30. The van der Waals surface area contributed by atoms with Crippen molar-refractivity contribution < 1.29 is 36.7 Å². The molecule has 7 nitrogen and oxygen atoms in total. The van der Waals surface area contributed by atoms with Crippen LogP contribution in [0.2, 0.25) is 0 Å². The fraction of sp³-hybridized carbons (Fsp3) is 0.462. The van der Waals surface area contributed by atoms with E-state index >= 15 is 0 Å². The third-order valence-corrected chi connectivity index (χ3v) is 4.84. The van der Waals surface area contributed by atoms with Gasteiger partial charge in [-0.25, -0.2) is 9.18 Å². The van der Waals surface area contributed by atoms with Crippen molar-refractivity contribution in [2.75, 3.05) is 0 Å². The Morgan fingerprint density at radius 3 is 2.24 bits per heavy atom. The van der Waals surface area contributed by atoms with Crippen LogP contribution >= 0.6 is 0 Å². The Bertz CT molecular complexity index is 1150. The zero-order chi connectivity index (χ0) is 28.2. The Hall–Kier alpha value is -3.50. The molecule has 2 amide bonds. The number of Topliss-reactive ketones (excluding diaryl/α,β-unsaturated/α-hetero) is 1. The molecular weight excluding hydrogens is 494 g/mol. The summed E-state index contributed by atoms with van der Waals surface area (Å²) in [6.45, 7) is 10.1. The third-order valence-electron chi connectivity index (χ3n) is 4.84. The number of rotatable bonds is 7. The molecule has 0 saturated carbocycles. The van der Waals surface area contributed by atoms with Crippen molar-refractivity contribution in [2.45, 2.75) is 77.7 Å². The Balaban J connectivity index is 2.39. The van der Waals surface area contributed by atoms with Crippen molar-refractivity contribution in [3.05, 3.63) is 64.7 Å². The maximum Gasteiger partial charge on any atom is 0.416 e. The summed E-state index contributed by atoms with van der Waals surface area (Å²) in [6.07, 6.45) is -5.40. The number of hydrogen-bond acceptors (Lipinski definition) is 5. The summed E-state index contributed by atoms with van der Waals surface area (Å²) in [6, 6.07) is 3.36. The lowest BCUT2D eigenvalue weighted by Gasteiger charge is -2.24. The third kappa shape index (κ3) is 9.47. The molecule has 1 aromatic heterocycles. The first-order valence-electron chi connectivity index (χ1n) is 11.5. The fourth-order valence-electron chi connectivity index (χ4n) is 3.30. The van der Waals surface area contributed by atoms with Gasteiger partial charge in [-0.15, -0.1) is 0 Å². The first-order chi connectivity index (χ1) is 16.9.